The minimum absolute atomic E-state index is 1.04. The smallest absolute Gasteiger partial charge is 0.457 e. The Balaban J connectivity index is 0.00000175. The average Bonchev–Trinajstić information content (AvgIpc) is 2.89. The number of ether oxygens (including phenoxy) is 1. The number of unbranched alkanes of at least 4 members (excludes halogenated alkanes) is 12. The van der Waals surface area contributed by atoms with E-state index in [4.69, 9.17) is 24.0 Å². The van der Waals surface area contributed by atoms with Crippen molar-refractivity contribution in [3.05, 3.63) is 72.8 Å². The molecule has 0 saturated heterocycles. The summed E-state index contributed by atoms with van der Waals surface area (Å²) in [4.78, 5) is 21.6. The van der Waals surface area contributed by atoms with Gasteiger partial charge >= 0.3 is 7.82 Å². The molecule has 0 spiro atoms. The molecule has 38 heavy (non-hydrogen) atoms. The number of benzene rings is 2. The Hall–Kier alpha value is -1.91. The van der Waals surface area contributed by atoms with Crippen LogP contribution in [0, 0.1) is 0 Å². The van der Waals surface area contributed by atoms with E-state index < -0.39 is 7.82 Å². The zero-order valence-electron chi connectivity index (χ0n) is 24.0. The minimum atomic E-state index is -4.64. The Morgan fingerprint density at radius 3 is 1.21 bits per heavy atom. The van der Waals surface area contributed by atoms with Crippen LogP contribution in [0.25, 0.3) is 0 Å². The molecule has 2 aromatic rings. The zero-order chi connectivity index (χ0) is 28.5. The molecule has 0 aliphatic heterocycles. The third-order valence-corrected chi connectivity index (χ3v) is 6.26. The molecule has 6 heteroatoms. The number of hydrogen-bond acceptors (Lipinski definition) is 2. The van der Waals surface area contributed by atoms with Crippen LogP contribution in [0.3, 0.4) is 0 Å². The number of phosphoric acid groups is 1. The van der Waals surface area contributed by atoms with E-state index in [0.717, 1.165) is 24.3 Å². The second-order valence-electron chi connectivity index (χ2n) is 9.57. The van der Waals surface area contributed by atoms with Crippen molar-refractivity contribution in [2.24, 2.45) is 0 Å². The molecule has 0 aromatic heterocycles. The summed E-state index contributed by atoms with van der Waals surface area (Å²) in [5.74, 6) is 2.08. The van der Waals surface area contributed by atoms with Gasteiger partial charge in [-0.05, 0) is 48.9 Å². The predicted molar refractivity (Wildman–Crippen MR) is 162 cm³/mol. The van der Waals surface area contributed by atoms with Crippen molar-refractivity contribution in [3.8, 4) is 11.5 Å². The molecule has 0 unspecified atom stereocenters. The lowest BCUT2D eigenvalue weighted by molar-refractivity contribution is 0.275. The summed E-state index contributed by atoms with van der Waals surface area (Å²) in [5.41, 5.74) is 2.70. The molecule has 5 nitrogen and oxygen atoms in total. The fourth-order valence-electron chi connectivity index (χ4n) is 4.28. The first-order valence-corrected chi connectivity index (χ1v) is 16.0. The highest BCUT2D eigenvalue weighted by atomic mass is 31.2. The van der Waals surface area contributed by atoms with Crippen molar-refractivity contribution in [2.45, 2.75) is 117 Å². The van der Waals surface area contributed by atoms with Gasteiger partial charge < -0.3 is 19.4 Å². The van der Waals surface area contributed by atoms with Gasteiger partial charge in [0, 0.05) is 0 Å². The van der Waals surface area contributed by atoms with E-state index in [2.05, 4.69) is 75.5 Å². The van der Waals surface area contributed by atoms with Gasteiger partial charge in [-0.3, -0.25) is 0 Å². The highest BCUT2D eigenvalue weighted by Crippen LogP contribution is 2.30. The molecule has 0 radical (unpaired) electrons. The summed E-state index contributed by atoms with van der Waals surface area (Å²) in [6, 6.07) is 17.3. The number of hydrogen-bond donors (Lipinski definition) is 3. The molecule has 0 heterocycles. The second-order valence-corrected chi connectivity index (χ2v) is 10.6. The van der Waals surface area contributed by atoms with Gasteiger partial charge in [0.15, 0.2) is 0 Å². The second kappa shape index (κ2) is 24.2. The third kappa shape index (κ3) is 21.1. The molecule has 0 fully saturated rings. The summed E-state index contributed by atoms with van der Waals surface area (Å²) >= 11 is 0. The number of para-hydroxylation sites is 2. The van der Waals surface area contributed by atoms with Gasteiger partial charge in [0.1, 0.15) is 11.5 Å². The first kappa shape index (κ1) is 36.1. The lowest BCUT2D eigenvalue weighted by Gasteiger charge is -2.14. The molecule has 0 atom stereocenters. The monoisotopic (exact) mass is 548 g/mol. The zero-order valence-corrected chi connectivity index (χ0v) is 24.8. The van der Waals surface area contributed by atoms with Crippen LogP contribution in [0.15, 0.2) is 61.7 Å². The number of aryl methyl sites for hydroxylation is 2. The molecule has 0 bridgehead atoms. The Kier molecular flexibility index (Phi) is 22.9. The van der Waals surface area contributed by atoms with Crippen LogP contribution in [0.1, 0.15) is 115 Å². The van der Waals surface area contributed by atoms with Gasteiger partial charge in [0.2, 0.25) is 0 Å². The van der Waals surface area contributed by atoms with E-state index in [0.29, 0.717) is 0 Å². The van der Waals surface area contributed by atoms with Crippen molar-refractivity contribution in [1.82, 2.24) is 0 Å². The van der Waals surface area contributed by atoms with Crippen LogP contribution in [-0.2, 0) is 17.4 Å². The average molecular weight is 549 g/mol. The molecule has 216 valence electrons. The topological polar surface area (TPSA) is 87.0 Å². The van der Waals surface area contributed by atoms with Gasteiger partial charge in [0.05, 0.1) is 0 Å². The molecule has 0 saturated carbocycles. The third-order valence-electron chi connectivity index (χ3n) is 6.26. The maximum Gasteiger partial charge on any atom is 0.466 e. The van der Waals surface area contributed by atoms with Crippen LogP contribution in [0.2, 0.25) is 0 Å². The molecule has 3 N–H and O–H groups in total. The maximum atomic E-state index is 8.88. The fraction of sp³-hybridized carbons (Fsp3) is 0.562. The Bertz CT molecular complexity index is 797. The summed E-state index contributed by atoms with van der Waals surface area (Å²) < 4.78 is 15.3. The van der Waals surface area contributed by atoms with Crippen molar-refractivity contribution >= 4 is 7.82 Å². The SMILES string of the molecule is C=C.CCCCCCCCCc1ccccc1Oc1ccccc1CCCCCCCCC.O=P(O)(O)O. The first-order valence-electron chi connectivity index (χ1n) is 14.5. The van der Waals surface area contributed by atoms with Crippen LogP contribution in [0.4, 0.5) is 0 Å². The van der Waals surface area contributed by atoms with Gasteiger partial charge in [-0.2, -0.15) is 0 Å². The highest BCUT2D eigenvalue weighted by Gasteiger charge is 2.08. The van der Waals surface area contributed by atoms with Crippen molar-refractivity contribution in [3.63, 3.8) is 0 Å². The van der Waals surface area contributed by atoms with Crippen LogP contribution >= 0.6 is 7.82 Å². The highest BCUT2D eigenvalue weighted by molar-refractivity contribution is 7.45. The standard InChI is InChI=1S/C30H46O.C2H4.H3O4P/c1-3-5-7-9-11-13-15-21-27-23-17-19-25-29(27)31-30-26-20-18-24-28(30)22-16-14-12-10-8-6-4-2;1-2;1-5(2,3)4/h17-20,23-26H,3-16,21-22H2,1-2H3;1-2H2;(H3,1,2,3,4). The maximum absolute atomic E-state index is 8.88. The molecule has 0 amide bonds. The van der Waals surface area contributed by atoms with Gasteiger partial charge in [-0.25, -0.2) is 4.57 Å². The van der Waals surface area contributed by atoms with Crippen molar-refractivity contribution in [1.29, 1.82) is 0 Å². The van der Waals surface area contributed by atoms with Crippen LogP contribution < -0.4 is 4.74 Å². The van der Waals surface area contributed by atoms with E-state index in [1.54, 1.807) is 0 Å². The van der Waals surface area contributed by atoms with Gasteiger partial charge in [0.25, 0.3) is 0 Å². The Morgan fingerprint density at radius 1 is 0.579 bits per heavy atom. The molecule has 0 aliphatic rings. The fourth-order valence-corrected chi connectivity index (χ4v) is 4.28. The van der Waals surface area contributed by atoms with E-state index in [-0.39, 0.29) is 0 Å². The molecule has 2 aromatic carbocycles. The van der Waals surface area contributed by atoms with E-state index >= 15 is 0 Å². The quantitative estimate of drug-likeness (QED) is 0.0980. The lowest BCUT2D eigenvalue weighted by atomic mass is 10.0. The molecular weight excluding hydrogens is 495 g/mol. The first-order chi connectivity index (χ1) is 18.3. The lowest BCUT2D eigenvalue weighted by Crippen LogP contribution is -1.96. The molecule has 0 aliphatic carbocycles. The Morgan fingerprint density at radius 2 is 0.868 bits per heavy atom. The van der Waals surface area contributed by atoms with Crippen molar-refractivity contribution < 1.29 is 24.0 Å². The molecular formula is C32H53O5P. The number of rotatable bonds is 18. The molecule has 2 rings (SSSR count). The normalized spacial score (nSPS) is 10.7. The predicted octanol–water partition coefficient (Wildman–Crippen LogP) is 9.94. The van der Waals surface area contributed by atoms with Gasteiger partial charge in [-0.15, -0.1) is 13.2 Å². The Labute approximate surface area is 232 Å². The summed E-state index contributed by atoms with van der Waals surface area (Å²) in [6.07, 6.45) is 21.1. The minimum Gasteiger partial charge on any atom is -0.457 e. The van der Waals surface area contributed by atoms with E-state index in [1.165, 1.54) is 101 Å². The summed E-state index contributed by atoms with van der Waals surface area (Å²) in [6.45, 7) is 10.6. The van der Waals surface area contributed by atoms with E-state index in [1.807, 2.05) is 0 Å². The van der Waals surface area contributed by atoms with Crippen LogP contribution in [0.5, 0.6) is 11.5 Å². The summed E-state index contributed by atoms with van der Waals surface area (Å²) in [7, 11) is -4.64. The van der Waals surface area contributed by atoms with Crippen molar-refractivity contribution in [2.75, 3.05) is 0 Å². The van der Waals surface area contributed by atoms with E-state index in [9.17, 15) is 0 Å². The van der Waals surface area contributed by atoms with Gasteiger partial charge in [-0.1, -0.05) is 127 Å². The van der Waals surface area contributed by atoms with Crippen LogP contribution in [-0.4, -0.2) is 14.7 Å². The largest absolute Gasteiger partial charge is 0.466 e. The summed E-state index contributed by atoms with van der Waals surface area (Å²) in [5, 5.41) is 0.